The Morgan fingerprint density at radius 1 is 1.14 bits per heavy atom. The van der Waals surface area contributed by atoms with E-state index in [1.807, 2.05) is 68.6 Å². The second kappa shape index (κ2) is 9.08. The fourth-order valence-electron chi connectivity index (χ4n) is 2.83. The summed E-state index contributed by atoms with van der Waals surface area (Å²) >= 11 is 0. The van der Waals surface area contributed by atoms with Gasteiger partial charge in [0.05, 0.1) is 13.2 Å². The first-order valence-corrected chi connectivity index (χ1v) is 9.20. The van der Waals surface area contributed by atoms with Crippen molar-refractivity contribution in [2.75, 3.05) is 13.7 Å². The number of imidazole rings is 1. The first-order chi connectivity index (χ1) is 13.6. The van der Waals surface area contributed by atoms with Crippen molar-refractivity contribution in [2.24, 2.45) is 0 Å². The number of carbonyl (C=O) groups is 1. The molecule has 1 aromatic heterocycles. The lowest BCUT2D eigenvalue weighted by molar-refractivity contribution is 0.0926. The number of ether oxygens (including phenoxy) is 2. The summed E-state index contributed by atoms with van der Waals surface area (Å²) in [5.41, 5.74) is 1.74. The topological polar surface area (TPSA) is 65.4 Å². The van der Waals surface area contributed by atoms with Gasteiger partial charge in [0.15, 0.2) is 11.5 Å². The highest BCUT2D eigenvalue weighted by molar-refractivity contribution is 5.94. The molecule has 28 heavy (non-hydrogen) atoms. The quantitative estimate of drug-likeness (QED) is 0.651. The second-order valence-electron chi connectivity index (χ2n) is 6.64. The third-order valence-electron chi connectivity index (χ3n) is 4.43. The zero-order valence-electron chi connectivity index (χ0n) is 16.4. The maximum absolute atomic E-state index is 12.5. The van der Waals surface area contributed by atoms with Crippen LogP contribution < -0.4 is 14.8 Å². The van der Waals surface area contributed by atoms with Gasteiger partial charge in [-0.3, -0.25) is 4.79 Å². The van der Waals surface area contributed by atoms with E-state index in [0.29, 0.717) is 23.7 Å². The number of methoxy groups -OCH3 is 1. The van der Waals surface area contributed by atoms with Crippen molar-refractivity contribution in [1.29, 1.82) is 0 Å². The zero-order valence-corrected chi connectivity index (χ0v) is 16.4. The van der Waals surface area contributed by atoms with Crippen LogP contribution >= 0.6 is 0 Å². The van der Waals surface area contributed by atoms with Crippen molar-refractivity contribution in [3.05, 3.63) is 77.9 Å². The van der Waals surface area contributed by atoms with E-state index in [1.165, 1.54) is 0 Å². The molecular weight excluding hydrogens is 354 g/mol. The van der Waals surface area contributed by atoms with Crippen LogP contribution in [0.2, 0.25) is 0 Å². The van der Waals surface area contributed by atoms with Gasteiger partial charge in [0.2, 0.25) is 0 Å². The van der Waals surface area contributed by atoms with Gasteiger partial charge in [-0.1, -0.05) is 24.3 Å². The number of nitrogens with zero attached hydrogens (tertiary/aromatic N) is 2. The highest BCUT2D eigenvalue weighted by Gasteiger charge is 2.12. The van der Waals surface area contributed by atoms with E-state index in [2.05, 4.69) is 14.9 Å². The molecule has 2 aromatic carbocycles. The molecule has 0 aliphatic heterocycles. The van der Waals surface area contributed by atoms with Crippen LogP contribution in [0, 0.1) is 6.92 Å². The lowest BCUT2D eigenvalue weighted by Gasteiger charge is -2.16. The highest BCUT2D eigenvalue weighted by atomic mass is 16.5. The third kappa shape index (κ3) is 4.91. The van der Waals surface area contributed by atoms with Gasteiger partial charge in [-0.05, 0) is 43.7 Å². The van der Waals surface area contributed by atoms with Crippen molar-refractivity contribution in [3.8, 4) is 11.5 Å². The van der Waals surface area contributed by atoms with E-state index >= 15 is 0 Å². The molecule has 0 aliphatic carbocycles. The molecule has 0 radical (unpaired) electrons. The van der Waals surface area contributed by atoms with Crippen LogP contribution in [-0.4, -0.2) is 35.2 Å². The van der Waals surface area contributed by atoms with E-state index in [9.17, 15) is 4.79 Å². The molecule has 146 valence electrons. The average molecular weight is 379 g/mol. The first-order valence-electron chi connectivity index (χ1n) is 9.20. The van der Waals surface area contributed by atoms with Gasteiger partial charge in [0, 0.05) is 24.5 Å². The van der Waals surface area contributed by atoms with Gasteiger partial charge in [-0.2, -0.15) is 0 Å². The standard InChI is InChI=1S/C22H25N3O3/c1-16(15-28-21-7-5-4-6-20(21)27-3)24-22(26)19-10-8-18(9-11-19)14-25-13-12-23-17(25)2/h4-13,16H,14-15H2,1-3H3,(H,24,26). The fourth-order valence-corrected chi connectivity index (χ4v) is 2.83. The van der Waals surface area contributed by atoms with Gasteiger partial charge in [0.1, 0.15) is 12.4 Å². The monoisotopic (exact) mass is 379 g/mol. The van der Waals surface area contributed by atoms with E-state index in [-0.39, 0.29) is 11.9 Å². The number of aryl methyl sites for hydroxylation is 1. The Labute approximate surface area is 165 Å². The van der Waals surface area contributed by atoms with Crippen molar-refractivity contribution in [2.45, 2.75) is 26.4 Å². The van der Waals surface area contributed by atoms with Crippen LogP contribution in [0.4, 0.5) is 0 Å². The Morgan fingerprint density at radius 2 is 1.86 bits per heavy atom. The van der Waals surface area contributed by atoms with Gasteiger partial charge in [-0.15, -0.1) is 0 Å². The Hall–Kier alpha value is -3.28. The Morgan fingerprint density at radius 3 is 2.50 bits per heavy atom. The van der Waals surface area contributed by atoms with Crippen molar-refractivity contribution >= 4 is 5.91 Å². The van der Waals surface area contributed by atoms with Crippen LogP contribution in [-0.2, 0) is 6.54 Å². The van der Waals surface area contributed by atoms with Crippen molar-refractivity contribution in [1.82, 2.24) is 14.9 Å². The maximum Gasteiger partial charge on any atom is 0.251 e. The highest BCUT2D eigenvalue weighted by Crippen LogP contribution is 2.25. The minimum atomic E-state index is -0.148. The molecule has 0 fully saturated rings. The maximum atomic E-state index is 12.5. The zero-order chi connectivity index (χ0) is 19.9. The number of carbonyl (C=O) groups excluding carboxylic acids is 1. The van der Waals surface area contributed by atoms with Crippen LogP contribution in [0.25, 0.3) is 0 Å². The number of nitrogens with one attached hydrogen (secondary N) is 1. The fraction of sp³-hybridized carbons (Fsp3) is 0.273. The molecule has 0 bridgehead atoms. The molecule has 1 N–H and O–H groups in total. The van der Waals surface area contributed by atoms with Gasteiger partial charge >= 0.3 is 0 Å². The summed E-state index contributed by atoms with van der Waals surface area (Å²) in [7, 11) is 1.60. The summed E-state index contributed by atoms with van der Waals surface area (Å²) in [6, 6.07) is 14.9. The smallest absolute Gasteiger partial charge is 0.251 e. The Balaban J connectivity index is 1.53. The number of hydrogen-bond donors (Lipinski definition) is 1. The second-order valence-corrected chi connectivity index (χ2v) is 6.64. The molecule has 0 saturated carbocycles. The molecule has 1 amide bonds. The van der Waals surface area contributed by atoms with Gasteiger partial charge in [-0.25, -0.2) is 4.98 Å². The summed E-state index contributed by atoms with van der Waals surface area (Å²) < 4.78 is 13.1. The van der Waals surface area contributed by atoms with E-state index in [4.69, 9.17) is 9.47 Å². The summed E-state index contributed by atoms with van der Waals surface area (Å²) in [4.78, 5) is 16.7. The van der Waals surface area contributed by atoms with E-state index in [1.54, 1.807) is 13.3 Å². The normalized spacial score (nSPS) is 11.7. The molecule has 6 heteroatoms. The SMILES string of the molecule is COc1ccccc1OCC(C)NC(=O)c1ccc(Cn2ccnc2C)cc1. The van der Waals surface area contributed by atoms with Gasteiger partial charge in [0.25, 0.3) is 5.91 Å². The molecule has 0 saturated heterocycles. The molecule has 3 rings (SSSR count). The number of hydrogen-bond acceptors (Lipinski definition) is 4. The molecular formula is C22H25N3O3. The van der Waals surface area contributed by atoms with Crippen LogP contribution in [0.15, 0.2) is 60.9 Å². The minimum absolute atomic E-state index is 0.124. The summed E-state index contributed by atoms with van der Waals surface area (Å²) in [5, 5.41) is 2.96. The van der Waals surface area contributed by atoms with Gasteiger partial charge < -0.3 is 19.4 Å². The summed E-state index contributed by atoms with van der Waals surface area (Å²) in [6.45, 7) is 4.96. The molecule has 0 aliphatic rings. The average Bonchev–Trinajstić information content (AvgIpc) is 3.11. The Bertz CT molecular complexity index is 919. The molecule has 1 heterocycles. The van der Waals surface area contributed by atoms with Crippen LogP contribution in [0.5, 0.6) is 11.5 Å². The van der Waals surface area contributed by atoms with E-state index in [0.717, 1.165) is 17.9 Å². The molecule has 0 spiro atoms. The van der Waals surface area contributed by atoms with Crippen LogP contribution in [0.1, 0.15) is 28.7 Å². The molecule has 1 atom stereocenters. The molecule has 3 aromatic rings. The van der Waals surface area contributed by atoms with Crippen molar-refractivity contribution < 1.29 is 14.3 Å². The summed E-state index contributed by atoms with van der Waals surface area (Å²) in [6.07, 6.45) is 3.73. The molecule has 1 unspecified atom stereocenters. The van der Waals surface area contributed by atoms with E-state index < -0.39 is 0 Å². The Kier molecular flexibility index (Phi) is 6.32. The third-order valence-corrected chi connectivity index (χ3v) is 4.43. The minimum Gasteiger partial charge on any atom is -0.493 e. The number of aromatic nitrogens is 2. The first kappa shape index (κ1) is 19.5. The number of benzene rings is 2. The lowest BCUT2D eigenvalue weighted by Crippen LogP contribution is -2.36. The number of para-hydroxylation sites is 2. The number of amides is 1. The lowest BCUT2D eigenvalue weighted by atomic mass is 10.1. The van der Waals surface area contributed by atoms with Crippen molar-refractivity contribution in [3.63, 3.8) is 0 Å². The largest absolute Gasteiger partial charge is 0.493 e. The molecule has 6 nitrogen and oxygen atoms in total. The predicted molar refractivity (Wildman–Crippen MR) is 108 cm³/mol. The predicted octanol–water partition coefficient (Wildman–Crippen LogP) is 3.45. The van der Waals surface area contributed by atoms with Crippen LogP contribution in [0.3, 0.4) is 0 Å². The summed E-state index contributed by atoms with van der Waals surface area (Å²) in [5.74, 6) is 2.17. The number of rotatable bonds is 8.